The topological polar surface area (TPSA) is 161 Å². The van der Waals surface area contributed by atoms with E-state index < -0.39 is 35.7 Å². The Balaban J connectivity index is 0.000000735. The van der Waals surface area contributed by atoms with E-state index in [0.717, 1.165) is 11.1 Å². The minimum Gasteiger partial charge on any atom is -0.550 e. The minimum absolute atomic E-state index is 0.0736. The van der Waals surface area contributed by atoms with E-state index >= 15 is 0 Å². The molecule has 0 N–H and O–H groups in total. The van der Waals surface area contributed by atoms with E-state index in [4.69, 9.17) is 0 Å². The van der Waals surface area contributed by atoms with Crippen LogP contribution in [0.15, 0.2) is 60.7 Å². The first-order valence-corrected chi connectivity index (χ1v) is 23.2. The van der Waals surface area contributed by atoms with Crippen LogP contribution in [0, 0.1) is 11.8 Å². The summed E-state index contributed by atoms with van der Waals surface area (Å²) in [6.45, 7) is 4.60. The van der Waals surface area contributed by atoms with E-state index in [-0.39, 0.29) is 34.0 Å². The smallest absolute Gasteiger partial charge is 0.0448 e. The number of carboxylic acids is 4. The fraction of sp³-hybridized carbons (Fsp3) is 0.619. The van der Waals surface area contributed by atoms with Gasteiger partial charge in [-0.15, -0.1) is 0 Å². The average Bonchev–Trinajstić information content (AvgIpc) is 3.10. The number of carboxylic acid groups (broad SMARTS) is 4. The van der Waals surface area contributed by atoms with Crippen molar-refractivity contribution in [2.75, 3.05) is 0 Å². The number of rotatable bonds is 28. The third-order valence-corrected chi connectivity index (χ3v) is 12.6. The third-order valence-electron chi connectivity index (χ3n) is 8.60. The Kier molecular flexibility index (Phi) is 32.3. The van der Waals surface area contributed by atoms with Gasteiger partial charge in [0.15, 0.2) is 0 Å². The molecule has 0 aliphatic carbocycles. The number of aliphatic carboxylic acids is 4. The van der Waals surface area contributed by atoms with Gasteiger partial charge in [0.05, 0.1) is 0 Å². The molecule has 2 unspecified atom stereocenters. The van der Waals surface area contributed by atoms with Crippen molar-refractivity contribution in [1.29, 1.82) is 0 Å². The van der Waals surface area contributed by atoms with Gasteiger partial charge in [-0.05, 0) is 62.5 Å². The Morgan fingerprint density at radius 1 is 0.490 bits per heavy atom. The van der Waals surface area contributed by atoms with Gasteiger partial charge in [-0.2, -0.15) is 0 Å². The van der Waals surface area contributed by atoms with Crippen molar-refractivity contribution < 1.29 is 39.6 Å². The summed E-state index contributed by atoms with van der Waals surface area (Å²) in [5.41, 5.74) is 1.82. The molecule has 0 aromatic heterocycles. The molecule has 0 heterocycles. The quantitative estimate of drug-likeness (QED) is 0.0829. The molecule has 51 heavy (non-hydrogen) atoms. The van der Waals surface area contributed by atoms with Gasteiger partial charge in [-0.3, -0.25) is 0 Å². The molecule has 2 atom stereocenters. The van der Waals surface area contributed by atoms with Crippen LogP contribution in [0.1, 0.15) is 141 Å². The van der Waals surface area contributed by atoms with Gasteiger partial charge in [0.1, 0.15) is 0 Å². The van der Waals surface area contributed by atoms with Crippen LogP contribution in [0.5, 0.6) is 0 Å². The SMILES string of the molecule is CCCCCCC[CH2][Sn+4][CH2]CCCCCCC.O=C([O-])CCCC(Cc1ccccc1)C(=O)[O-].O=C([O-])CCCC(Cc1ccccc1)C(=O)[O-]. The van der Waals surface area contributed by atoms with E-state index in [2.05, 4.69) is 13.8 Å². The van der Waals surface area contributed by atoms with Crippen molar-refractivity contribution in [2.45, 2.75) is 151 Å². The standard InChI is InChI=1S/2C13H16O4.2C8H17.Sn/c2*14-12(15)8-4-7-11(13(16)17)9-10-5-2-1-3-6-10;2*1-3-5-7-8-6-4-2;/h2*1-3,5-6,11H,4,7-9H2,(H,14,15)(H,16,17);2*1,3-8H2,2H3;/q;;;;+4/p-4. The maximum absolute atomic E-state index is 10.9. The Hall–Kier alpha value is -2.88. The second kappa shape index (κ2) is 34.2. The summed E-state index contributed by atoms with van der Waals surface area (Å²) in [6, 6.07) is 18.4. The summed E-state index contributed by atoms with van der Waals surface area (Å²) in [6.07, 6.45) is 19.5. The van der Waals surface area contributed by atoms with Gasteiger partial charge >= 0.3 is 121 Å². The first-order valence-electron chi connectivity index (χ1n) is 19.2. The van der Waals surface area contributed by atoms with Crippen LogP contribution in [0.2, 0.25) is 8.87 Å². The summed E-state index contributed by atoms with van der Waals surface area (Å²) < 4.78 is 3.31. The van der Waals surface area contributed by atoms with Crippen LogP contribution < -0.4 is 20.4 Å². The fourth-order valence-corrected chi connectivity index (χ4v) is 9.14. The molecule has 0 bridgehead atoms. The fourth-order valence-electron chi connectivity index (χ4n) is 5.57. The summed E-state index contributed by atoms with van der Waals surface area (Å²) in [4.78, 5) is 42.3. The Morgan fingerprint density at radius 3 is 1.14 bits per heavy atom. The van der Waals surface area contributed by atoms with Gasteiger partial charge in [-0.25, -0.2) is 0 Å². The molecule has 8 nitrogen and oxygen atoms in total. The molecule has 2 aromatic carbocycles. The monoisotopic (exact) mass is 814 g/mol. The van der Waals surface area contributed by atoms with Crippen LogP contribution in [0.3, 0.4) is 0 Å². The van der Waals surface area contributed by atoms with Crippen molar-refractivity contribution in [3.05, 3.63) is 71.8 Å². The van der Waals surface area contributed by atoms with Crippen molar-refractivity contribution in [2.24, 2.45) is 11.8 Å². The van der Waals surface area contributed by atoms with E-state index in [9.17, 15) is 39.6 Å². The molecule has 282 valence electrons. The van der Waals surface area contributed by atoms with Gasteiger partial charge < -0.3 is 39.6 Å². The van der Waals surface area contributed by atoms with Crippen LogP contribution in [-0.4, -0.2) is 45.0 Å². The second-order valence-electron chi connectivity index (χ2n) is 13.2. The molecule has 2 rings (SSSR count). The zero-order valence-electron chi connectivity index (χ0n) is 31.3. The van der Waals surface area contributed by atoms with E-state index in [0.29, 0.717) is 38.5 Å². The van der Waals surface area contributed by atoms with Crippen LogP contribution in [0.25, 0.3) is 0 Å². The van der Waals surface area contributed by atoms with Crippen LogP contribution >= 0.6 is 0 Å². The molecule has 0 aliphatic heterocycles. The maximum atomic E-state index is 10.9. The minimum atomic E-state index is -1.15. The number of carbonyl (C=O) groups is 4. The van der Waals surface area contributed by atoms with E-state index in [1.165, 1.54) is 64.2 Å². The molecule has 0 amide bonds. The molecule has 9 heteroatoms. The maximum Gasteiger partial charge on any atom is 0.0448 e. The van der Waals surface area contributed by atoms with Crippen molar-refractivity contribution >= 4 is 45.0 Å². The molecule has 0 saturated heterocycles. The summed E-state index contributed by atoms with van der Waals surface area (Å²) in [7, 11) is 0. The first-order chi connectivity index (χ1) is 24.6. The van der Waals surface area contributed by atoms with Crippen LogP contribution in [0.4, 0.5) is 0 Å². The number of unbranched alkanes of at least 4 members (excludes halogenated alkanes) is 10. The normalized spacial score (nSPS) is 11.6. The molecule has 2 aromatic rings. The predicted molar refractivity (Wildman–Crippen MR) is 197 cm³/mol. The Labute approximate surface area is 318 Å². The predicted octanol–water partition coefficient (Wildman–Crippen LogP) is 5.28. The van der Waals surface area contributed by atoms with Crippen LogP contribution in [-0.2, 0) is 32.0 Å². The zero-order valence-corrected chi connectivity index (χ0v) is 34.1. The summed E-state index contributed by atoms with van der Waals surface area (Å²) in [5, 5.41) is 42.3. The van der Waals surface area contributed by atoms with E-state index in [1.54, 1.807) is 21.7 Å². The van der Waals surface area contributed by atoms with Gasteiger partial charge in [0.2, 0.25) is 0 Å². The summed E-state index contributed by atoms with van der Waals surface area (Å²) >= 11 is 0.0736. The molecule has 0 aliphatic rings. The summed E-state index contributed by atoms with van der Waals surface area (Å²) in [5.74, 6) is -5.85. The largest absolute Gasteiger partial charge is 0.550 e. The third kappa shape index (κ3) is 31.6. The van der Waals surface area contributed by atoms with E-state index in [1.807, 2.05) is 60.7 Å². The van der Waals surface area contributed by atoms with Crippen molar-refractivity contribution in [3.63, 3.8) is 0 Å². The molecular formula is C42H62O8Sn. The Bertz CT molecular complexity index is 1050. The molecule has 6 radical (unpaired) electrons. The van der Waals surface area contributed by atoms with Crippen molar-refractivity contribution in [1.82, 2.24) is 0 Å². The number of benzene rings is 2. The number of carbonyl (C=O) groups excluding carboxylic acids is 4. The first kappa shape index (κ1) is 48.1. The van der Waals surface area contributed by atoms with Gasteiger partial charge in [0, 0.05) is 35.7 Å². The molecule has 0 saturated carbocycles. The molecular weight excluding hydrogens is 751 g/mol. The number of hydrogen-bond acceptors (Lipinski definition) is 8. The molecule has 0 fully saturated rings. The second-order valence-corrected chi connectivity index (χ2v) is 17.5. The molecule has 0 spiro atoms. The van der Waals surface area contributed by atoms with Gasteiger partial charge in [0.25, 0.3) is 0 Å². The average molecular weight is 814 g/mol. The van der Waals surface area contributed by atoms with Crippen molar-refractivity contribution in [3.8, 4) is 0 Å². The zero-order chi connectivity index (χ0) is 38.0. The number of hydrogen-bond donors (Lipinski definition) is 0. The van der Waals surface area contributed by atoms with Gasteiger partial charge in [-0.1, -0.05) is 60.7 Å². The Morgan fingerprint density at radius 2 is 0.824 bits per heavy atom.